The zero-order valence-electron chi connectivity index (χ0n) is 15.7. The summed E-state index contributed by atoms with van der Waals surface area (Å²) < 4.78 is 1.57. The number of nitrogens with one attached hydrogen (secondary N) is 1. The van der Waals surface area contributed by atoms with Crippen molar-refractivity contribution in [2.45, 2.75) is 69.2 Å². The van der Waals surface area contributed by atoms with E-state index in [0.717, 1.165) is 35.5 Å². The quantitative estimate of drug-likeness (QED) is 0.615. The molecule has 1 atom stereocenters. The minimum absolute atomic E-state index is 0.0640. The molecule has 1 saturated carbocycles. The highest BCUT2D eigenvalue weighted by atomic mass is 32.2. The fourth-order valence-electron chi connectivity index (χ4n) is 3.34. The summed E-state index contributed by atoms with van der Waals surface area (Å²) in [6.45, 7) is 5.91. The van der Waals surface area contributed by atoms with E-state index in [4.69, 9.17) is 5.84 Å². The monoisotopic (exact) mass is 373 g/mol. The number of hydrogen-bond donors (Lipinski definition) is 2. The molecule has 0 bridgehead atoms. The largest absolute Gasteiger partial charge is 0.336 e. The molecule has 1 fully saturated rings. The standard InChI is InChI=1S/C19H27N5OS/c1-12-8-7-11-16(13(12)2)21-18(25)14(3)26-19-23-22-17(24(19)20)15-9-5-4-6-10-15/h7-8,11,14-15H,4-6,9-10,20H2,1-3H3,(H,21,25)/t14-/m0/s1. The number of nitrogens with zero attached hydrogens (tertiary/aromatic N) is 3. The topological polar surface area (TPSA) is 85.8 Å². The number of aryl methyl sites for hydroxylation is 1. The number of thioether (sulfide) groups is 1. The van der Waals surface area contributed by atoms with Crippen LogP contribution in [0.2, 0.25) is 0 Å². The molecule has 7 heteroatoms. The summed E-state index contributed by atoms with van der Waals surface area (Å²) in [5.74, 6) is 7.38. The molecule has 140 valence electrons. The Kier molecular flexibility index (Phi) is 5.86. The van der Waals surface area contributed by atoms with Crippen LogP contribution in [0.25, 0.3) is 0 Å². The van der Waals surface area contributed by atoms with Crippen LogP contribution in [0, 0.1) is 13.8 Å². The number of anilines is 1. The van der Waals surface area contributed by atoms with Crippen LogP contribution in [0.1, 0.15) is 61.9 Å². The van der Waals surface area contributed by atoms with Crippen molar-refractivity contribution < 1.29 is 4.79 Å². The first-order chi connectivity index (χ1) is 12.5. The molecule has 1 aliphatic rings. The lowest BCUT2D eigenvalue weighted by Gasteiger charge is -2.20. The second-order valence-electron chi connectivity index (χ2n) is 7.04. The van der Waals surface area contributed by atoms with Crippen molar-refractivity contribution in [3.8, 4) is 0 Å². The highest BCUT2D eigenvalue weighted by molar-refractivity contribution is 8.00. The summed E-state index contributed by atoms with van der Waals surface area (Å²) in [6, 6.07) is 5.90. The van der Waals surface area contributed by atoms with Gasteiger partial charge in [0.2, 0.25) is 11.1 Å². The van der Waals surface area contributed by atoms with E-state index in [1.807, 2.05) is 39.0 Å². The number of nitrogen functional groups attached to an aromatic ring is 1. The normalized spacial score (nSPS) is 16.4. The predicted octanol–water partition coefficient (Wildman–Crippen LogP) is 3.78. The van der Waals surface area contributed by atoms with Gasteiger partial charge in [0.1, 0.15) is 0 Å². The van der Waals surface area contributed by atoms with E-state index < -0.39 is 0 Å². The Morgan fingerprint density at radius 2 is 2.00 bits per heavy atom. The zero-order valence-corrected chi connectivity index (χ0v) is 16.5. The van der Waals surface area contributed by atoms with Crippen LogP contribution in [0.15, 0.2) is 23.4 Å². The van der Waals surface area contributed by atoms with Gasteiger partial charge >= 0.3 is 0 Å². The van der Waals surface area contributed by atoms with Gasteiger partial charge in [0.25, 0.3) is 0 Å². The second kappa shape index (κ2) is 8.12. The first kappa shape index (κ1) is 18.8. The molecular formula is C19H27N5OS. The number of rotatable bonds is 5. The highest BCUT2D eigenvalue weighted by Gasteiger charge is 2.25. The Hall–Kier alpha value is -2.02. The molecule has 1 aromatic heterocycles. The summed E-state index contributed by atoms with van der Waals surface area (Å²) >= 11 is 1.34. The molecule has 1 amide bonds. The van der Waals surface area contributed by atoms with Crippen LogP contribution in [0.3, 0.4) is 0 Å². The Labute approximate surface area is 158 Å². The summed E-state index contributed by atoms with van der Waals surface area (Å²) in [5.41, 5.74) is 3.08. The van der Waals surface area contributed by atoms with E-state index in [1.165, 1.54) is 31.0 Å². The third-order valence-electron chi connectivity index (χ3n) is 5.18. The second-order valence-corrected chi connectivity index (χ2v) is 8.35. The molecule has 0 saturated heterocycles. The third kappa shape index (κ3) is 4.03. The van der Waals surface area contributed by atoms with Crippen LogP contribution >= 0.6 is 11.8 Å². The SMILES string of the molecule is Cc1cccc(NC(=O)[C@H](C)Sc2nnc(C3CCCCC3)n2N)c1C. The van der Waals surface area contributed by atoms with Gasteiger partial charge in [-0.1, -0.05) is 43.2 Å². The number of carbonyl (C=O) groups excluding carboxylic acids is 1. The van der Waals surface area contributed by atoms with Gasteiger partial charge in [-0.25, -0.2) is 4.68 Å². The lowest BCUT2D eigenvalue weighted by molar-refractivity contribution is -0.115. The van der Waals surface area contributed by atoms with Gasteiger partial charge in [-0.2, -0.15) is 0 Å². The molecule has 0 unspecified atom stereocenters. The molecule has 1 aliphatic carbocycles. The molecule has 0 spiro atoms. The van der Waals surface area contributed by atoms with E-state index in [0.29, 0.717) is 11.1 Å². The number of aromatic nitrogens is 3. The molecule has 26 heavy (non-hydrogen) atoms. The van der Waals surface area contributed by atoms with Crippen molar-refractivity contribution in [3.05, 3.63) is 35.2 Å². The number of amides is 1. The van der Waals surface area contributed by atoms with Crippen molar-refractivity contribution in [1.29, 1.82) is 0 Å². The minimum atomic E-state index is -0.319. The maximum Gasteiger partial charge on any atom is 0.237 e. The van der Waals surface area contributed by atoms with Gasteiger partial charge < -0.3 is 11.2 Å². The third-order valence-corrected chi connectivity index (χ3v) is 6.23. The van der Waals surface area contributed by atoms with Crippen molar-refractivity contribution in [1.82, 2.24) is 14.9 Å². The van der Waals surface area contributed by atoms with Crippen molar-refractivity contribution in [2.75, 3.05) is 11.2 Å². The van der Waals surface area contributed by atoms with Gasteiger partial charge in [0.15, 0.2) is 5.82 Å². The predicted molar refractivity (Wildman–Crippen MR) is 106 cm³/mol. The zero-order chi connectivity index (χ0) is 18.7. The maximum atomic E-state index is 12.6. The fraction of sp³-hybridized carbons (Fsp3) is 0.526. The van der Waals surface area contributed by atoms with E-state index >= 15 is 0 Å². The molecule has 2 aromatic rings. The Morgan fingerprint density at radius 1 is 1.27 bits per heavy atom. The fourth-order valence-corrected chi connectivity index (χ4v) is 4.12. The average molecular weight is 374 g/mol. The van der Waals surface area contributed by atoms with E-state index in [-0.39, 0.29) is 11.2 Å². The average Bonchev–Trinajstić information content (AvgIpc) is 3.00. The van der Waals surface area contributed by atoms with Crippen LogP contribution < -0.4 is 11.2 Å². The molecule has 1 aromatic carbocycles. The first-order valence-electron chi connectivity index (χ1n) is 9.21. The minimum Gasteiger partial charge on any atom is -0.336 e. The van der Waals surface area contributed by atoms with E-state index in [9.17, 15) is 4.79 Å². The van der Waals surface area contributed by atoms with Gasteiger partial charge in [-0.05, 0) is 50.8 Å². The molecule has 3 rings (SSSR count). The summed E-state index contributed by atoms with van der Waals surface area (Å²) in [7, 11) is 0. The van der Waals surface area contributed by atoms with Crippen LogP contribution in [-0.4, -0.2) is 26.0 Å². The van der Waals surface area contributed by atoms with Crippen LogP contribution in [-0.2, 0) is 4.79 Å². The summed E-state index contributed by atoms with van der Waals surface area (Å²) in [4.78, 5) is 12.6. The molecule has 0 radical (unpaired) electrons. The molecular weight excluding hydrogens is 346 g/mol. The van der Waals surface area contributed by atoms with E-state index in [1.54, 1.807) is 4.68 Å². The summed E-state index contributed by atoms with van der Waals surface area (Å²) in [5, 5.41) is 11.8. The van der Waals surface area contributed by atoms with E-state index in [2.05, 4.69) is 15.5 Å². The molecule has 6 nitrogen and oxygen atoms in total. The smallest absolute Gasteiger partial charge is 0.237 e. The van der Waals surface area contributed by atoms with Crippen molar-refractivity contribution in [2.24, 2.45) is 0 Å². The van der Waals surface area contributed by atoms with Gasteiger partial charge in [0.05, 0.1) is 5.25 Å². The van der Waals surface area contributed by atoms with Crippen LogP contribution in [0.4, 0.5) is 5.69 Å². The van der Waals surface area contributed by atoms with Crippen LogP contribution in [0.5, 0.6) is 0 Å². The lowest BCUT2D eigenvalue weighted by atomic mass is 9.89. The van der Waals surface area contributed by atoms with Crippen molar-refractivity contribution >= 4 is 23.4 Å². The van der Waals surface area contributed by atoms with Gasteiger partial charge in [-0.15, -0.1) is 10.2 Å². The number of benzene rings is 1. The number of hydrogen-bond acceptors (Lipinski definition) is 5. The van der Waals surface area contributed by atoms with Gasteiger partial charge in [0, 0.05) is 11.6 Å². The highest BCUT2D eigenvalue weighted by Crippen LogP contribution is 2.33. The lowest BCUT2D eigenvalue weighted by Crippen LogP contribution is -2.24. The first-order valence-corrected chi connectivity index (χ1v) is 10.1. The Bertz CT molecular complexity index is 782. The Morgan fingerprint density at radius 3 is 2.73 bits per heavy atom. The number of carbonyl (C=O) groups is 1. The Balaban J connectivity index is 1.66. The molecule has 3 N–H and O–H groups in total. The number of nitrogens with two attached hydrogens (primary N) is 1. The molecule has 0 aliphatic heterocycles. The van der Waals surface area contributed by atoms with Crippen molar-refractivity contribution in [3.63, 3.8) is 0 Å². The van der Waals surface area contributed by atoms with Gasteiger partial charge in [-0.3, -0.25) is 4.79 Å². The summed E-state index contributed by atoms with van der Waals surface area (Å²) in [6.07, 6.45) is 5.95. The maximum absolute atomic E-state index is 12.6. The molecule has 1 heterocycles.